The van der Waals surface area contributed by atoms with Gasteiger partial charge in [-0.15, -0.1) is 0 Å². The van der Waals surface area contributed by atoms with E-state index in [-0.39, 0.29) is 5.69 Å². The van der Waals surface area contributed by atoms with Gasteiger partial charge in [-0.25, -0.2) is 14.5 Å². The summed E-state index contributed by atoms with van der Waals surface area (Å²) >= 11 is 3.47. The molecule has 0 amide bonds. The van der Waals surface area contributed by atoms with Crippen molar-refractivity contribution >= 4 is 15.9 Å². The van der Waals surface area contributed by atoms with Crippen molar-refractivity contribution in [2.45, 2.75) is 13.3 Å². The van der Waals surface area contributed by atoms with Crippen LogP contribution in [-0.2, 0) is 0 Å². The summed E-state index contributed by atoms with van der Waals surface area (Å²) in [6, 6.07) is 10.9. The minimum absolute atomic E-state index is 0.369. The number of nitrogens with zero attached hydrogens (tertiary/aromatic N) is 2. The lowest BCUT2D eigenvalue weighted by Gasteiger charge is -2.15. The molecule has 0 aliphatic carbocycles. The van der Waals surface area contributed by atoms with Crippen LogP contribution in [0.2, 0.25) is 0 Å². The molecule has 0 bridgehead atoms. The van der Waals surface area contributed by atoms with Gasteiger partial charge in [0, 0.05) is 6.07 Å². The molecule has 0 fully saturated rings. The normalized spacial score (nSPS) is 10.7. The van der Waals surface area contributed by atoms with Gasteiger partial charge in [0.15, 0.2) is 5.82 Å². The van der Waals surface area contributed by atoms with Gasteiger partial charge < -0.3 is 14.2 Å². The van der Waals surface area contributed by atoms with Crippen molar-refractivity contribution in [3.05, 3.63) is 51.4 Å². The molecule has 0 saturated carbocycles. The van der Waals surface area contributed by atoms with Gasteiger partial charge in [0.05, 0.1) is 36.6 Å². The van der Waals surface area contributed by atoms with Crippen LogP contribution in [0.4, 0.5) is 0 Å². The average Bonchev–Trinajstić information content (AvgIpc) is 3.07. The molecule has 0 saturated heterocycles. The Hall–Kier alpha value is -2.74. The summed E-state index contributed by atoms with van der Waals surface area (Å²) in [6.45, 7) is 2.58. The van der Waals surface area contributed by atoms with Crippen LogP contribution in [0.1, 0.15) is 13.3 Å². The third kappa shape index (κ3) is 3.71. The first kappa shape index (κ1) is 19.0. The van der Waals surface area contributed by atoms with Crippen LogP contribution < -0.4 is 19.9 Å². The fourth-order valence-electron chi connectivity index (χ4n) is 2.71. The van der Waals surface area contributed by atoms with Gasteiger partial charge in [-0.2, -0.15) is 5.10 Å². The third-order valence-corrected chi connectivity index (χ3v) is 4.57. The molecule has 27 heavy (non-hydrogen) atoms. The lowest BCUT2D eigenvalue weighted by atomic mass is 10.1. The topological polar surface area (TPSA) is 78.4 Å². The number of methoxy groups -OCH3 is 2. The Balaban J connectivity index is 2.21. The second kappa shape index (κ2) is 8.30. The van der Waals surface area contributed by atoms with E-state index >= 15 is 0 Å². The van der Waals surface area contributed by atoms with Crippen molar-refractivity contribution in [1.82, 2.24) is 14.8 Å². The molecule has 8 heteroatoms. The van der Waals surface area contributed by atoms with Gasteiger partial charge >= 0.3 is 5.69 Å². The van der Waals surface area contributed by atoms with E-state index in [0.29, 0.717) is 40.9 Å². The number of ether oxygens (including phenoxy) is 3. The maximum absolute atomic E-state index is 12.6. The molecule has 1 aromatic heterocycles. The molecular weight excluding hydrogens is 414 g/mol. The average molecular weight is 434 g/mol. The van der Waals surface area contributed by atoms with Crippen molar-refractivity contribution < 1.29 is 14.2 Å². The highest BCUT2D eigenvalue weighted by atomic mass is 79.9. The SMILES string of the molecule is CCCOc1ccccc1-n1c(-c2cc(Br)c(OC)cc2OC)n[nH]c1=O. The van der Waals surface area contributed by atoms with E-state index in [4.69, 9.17) is 14.2 Å². The first-order valence-corrected chi connectivity index (χ1v) is 9.21. The van der Waals surface area contributed by atoms with Gasteiger partial charge in [-0.1, -0.05) is 19.1 Å². The number of H-pyrrole nitrogens is 1. The molecule has 0 aliphatic heterocycles. The Kier molecular flexibility index (Phi) is 5.85. The summed E-state index contributed by atoms with van der Waals surface area (Å²) < 4.78 is 18.8. The molecule has 142 valence electrons. The number of para-hydroxylation sites is 2. The van der Waals surface area contributed by atoms with E-state index in [1.54, 1.807) is 26.4 Å². The van der Waals surface area contributed by atoms with Crippen LogP contribution in [0.25, 0.3) is 17.1 Å². The van der Waals surface area contributed by atoms with E-state index in [1.807, 2.05) is 31.2 Å². The standard InChI is InChI=1S/C19H20BrN3O4/c1-4-9-27-15-8-6-5-7-14(15)23-18(21-22-19(23)24)12-10-13(20)17(26-3)11-16(12)25-2/h5-8,10-11H,4,9H2,1-3H3,(H,22,24). The van der Waals surface area contributed by atoms with Gasteiger partial charge in [0.1, 0.15) is 17.2 Å². The van der Waals surface area contributed by atoms with Crippen molar-refractivity contribution in [2.24, 2.45) is 0 Å². The van der Waals surface area contributed by atoms with Crippen molar-refractivity contribution in [3.63, 3.8) is 0 Å². The summed E-state index contributed by atoms with van der Waals surface area (Å²) in [5, 5.41) is 6.73. The first-order chi connectivity index (χ1) is 13.1. The lowest BCUT2D eigenvalue weighted by molar-refractivity contribution is 0.316. The van der Waals surface area contributed by atoms with Crippen LogP contribution in [0.15, 0.2) is 45.7 Å². The maximum Gasteiger partial charge on any atom is 0.348 e. The molecular formula is C19H20BrN3O4. The molecule has 1 N–H and O–H groups in total. The van der Waals surface area contributed by atoms with Crippen LogP contribution in [0, 0.1) is 0 Å². The van der Waals surface area contributed by atoms with Gasteiger partial charge in [0.25, 0.3) is 0 Å². The minimum Gasteiger partial charge on any atom is -0.496 e. The number of rotatable bonds is 7. The zero-order chi connectivity index (χ0) is 19.4. The highest BCUT2D eigenvalue weighted by Crippen LogP contribution is 2.38. The second-order valence-corrected chi connectivity index (χ2v) is 6.55. The van der Waals surface area contributed by atoms with Crippen LogP contribution >= 0.6 is 15.9 Å². The quantitative estimate of drug-likeness (QED) is 0.612. The first-order valence-electron chi connectivity index (χ1n) is 8.42. The molecule has 0 unspecified atom stereocenters. The Bertz CT molecular complexity index is 997. The number of aromatic amines is 1. The number of hydrogen-bond acceptors (Lipinski definition) is 5. The Labute approximate surface area is 165 Å². The number of aromatic nitrogens is 3. The molecule has 0 spiro atoms. The molecule has 0 atom stereocenters. The monoisotopic (exact) mass is 433 g/mol. The number of benzene rings is 2. The summed E-state index contributed by atoms with van der Waals surface area (Å²) in [5.41, 5.74) is 0.869. The van der Waals surface area contributed by atoms with E-state index in [9.17, 15) is 4.79 Å². The van der Waals surface area contributed by atoms with Crippen LogP contribution in [0.5, 0.6) is 17.2 Å². The van der Waals surface area contributed by atoms with Gasteiger partial charge in [0.2, 0.25) is 0 Å². The zero-order valence-electron chi connectivity index (χ0n) is 15.3. The van der Waals surface area contributed by atoms with Crippen molar-refractivity contribution in [1.29, 1.82) is 0 Å². The summed E-state index contributed by atoms with van der Waals surface area (Å²) in [4.78, 5) is 12.6. The lowest BCUT2D eigenvalue weighted by Crippen LogP contribution is -2.17. The summed E-state index contributed by atoms with van der Waals surface area (Å²) in [7, 11) is 3.13. The van der Waals surface area contributed by atoms with Crippen LogP contribution in [0.3, 0.4) is 0 Å². The van der Waals surface area contributed by atoms with E-state index in [2.05, 4.69) is 26.1 Å². The number of halogens is 1. The third-order valence-electron chi connectivity index (χ3n) is 3.96. The molecule has 3 aromatic rings. The Morgan fingerprint density at radius 1 is 1.11 bits per heavy atom. The largest absolute Gasteiger partial charge is 0.496 e. The summed E-state index contributed by atoms with van der Waals surface area (Å²) in [5.74, 6) is 2.16. The molecule has 0 radical (unpaired) electrons. The number of nitrogens with one attached hydrogen (secondary N) is 1. The highest BCUT2D eigenvalue weighted by Gasteiger charge is 2.21. The van der Waals surface area contributed by atoms with Crippen molar-refractivity contribution in [3.8, 4) is 34.3 Å². The molecule has 1 heterocycles. The number of hydrogen-bond donors (Lipinski definition) is 1. The van der Waals surface area contributed by atoms with Crippen LogP contribution in [-0.4, -0.2) is 35.6 Å². The minimum atomic E-state index is -0.369. The fourth-order valence-corrected chi connectivity index (χ4v) is 3.22. The van der Waals surface area contributed by atoms with E-state index < -0.39 is 0 Å². The van der Waals surface area contributed by atoms with E-state index in [0.717, 1.165) is 10.9 Å². The molecule has 7 nitrogen and oxygen atoms in total. The predicted molar refractivity (Wildman–Crippen MR) is 106 cm³/mol. The zero-order valence-corrected chi connectivity index (χ0v) is 16.9. The predicted octanol–water partition coefficient (Wildman–Crippen LogP) is 3.80. The molecule has 3 rings (SSSR count). The second-order valence-electron chi connectivity index (χ2n) is 5.69. The Morgan fingerprint density at radius 2 is 1.85 bits per heavy atom. The maximum atomic E-state index is 12.6. The Morgan fingerprint density at radius 3 is 2.56 bits per heavy atom. The summed E-state index contributed by atoms with van der Waals surface area (Å²) in [6.07, 6.45) is 0.862. The van der Waals surface area contributed by atoms with E-state index in [1.165, 1.54) is 4.57 Å². The van der Waals surface area contributed by atoms with Crippen molar-refractivity contribution in [2.75, 3.05) is 20.8 Å². The molecule has 2 aromatic carbocycles. The molecule has 0 aliphatic rings. The highest BCUT2D eigenvalue weighted by molar-refractivity contribution is 9.10. The fraction of sp³-hybridized carbons (Fsp3) is 0.263. The van der Waals surface area contributed by atoms with Gasteiger partial charge in [-0.05, 0) is 40.5 Å². The smallest absolute Gasteiger partial charge is 0.348 e. The van der Waals surface area contributed by atoms with Gasteiger partial charge in [-0.3, -0.25) is 0 Å².